The largest absolute Gasteiger partial charge is 0.416 e. The number of alkyl halides is 3. The van der Waals surface area contributed by atoms with Gasteiger partial charge in [0.2, 0.25) is 0 Å². The molecule has 2 heterocycles. The molecule has 0 spiro atoms. The summed E-state index contributed by atoms with van der Waals surface area (Å²) in [6.45, 7) is 4.60. The molecule has 3 aromatic carbocycles. The fourth-order valence-corrected chi connectivity index (χ4v) is 5.29. The summed E-state index contributed by atoms with van der Waals surface area (Å²) in [4.78, 5) is 20.8. The maximum absolute atomic E-state index is 14.6. The quantitative estimate of drug-likeness (QED) is 0.283. The number of hydrogen-bond donors (Lipinski definition) is 0. The van der Waals surface area contributed by atoms with Crippen LogP contribution in [0.3, 0.4) is 0 Å². The lowest BCUT2D eigenvalue weighted by Crippen LogP contribution is -2.41. The molecular weight excluding hydrogens is 494 g/mol. The minimum Gasteiger partial charge on any atom is -0.294 e. The van der Waals surface area contributed by atoms with Crippen LogP contribution in [-0.4, -0.2) is 21.0 Å². The van der Waals surface area contributed by atoms with Crippen LogP contribution in [-0.2, 0) is 19.3 Å². The van der Waals surface area contributed by atoms with E-state index < -0.39 is 17.6 Å². The zero-order valence-electron chi connectivity index (χ0n) is 21.0. The van der Waals surface area contributed by atoms with E-state index in [1.165, 1.54) is 6.07 Å². The van der Waals surface area contributed by atoms with Crippen LogP contribution in [0.15, 0.2) is 83.7 Å². The molecule has 0 radical (unpaired) electrons. The predicted octanol–water partition coefficient (Wildman–Crippen LogP) is 6.47. The summed E-state index contributed by atoms with van der Waals surface area (Å²) in [5, 5.41) is 0. The second-order valence-corrected chi connectivity index (χ2v) is 9.80. The molecule has 1 aromatic heterocycles. The Labute approximate surface area is 218 Å². The summed E-state index contributed by atoms with van der Waals surface area (Å²) < 4.78 is 55.2. The Morgan fingerprint density at radius 1 is 0.974 bits per heavy atom. The Morgan fingerprint density at radius 3 is 2.13 bits per heavy atom. The number of fused-ring (bicyclic) bond motifs is 1. The zero-order chi connectivity index (χ0) is 27.0. The monoisotopic (exact) mass is 521 g/mol. The van der Waals surface area contributed by atoms with Crippen LogP contribution >= 0.6 is 0 Å². The van der Waals surface area contributed by atoms with Crippen molar-refractivity contribution in [3.8, 4) is 0 Å². The Hall–Kier alpha value is -3.78. The first kappa shape index (κ1) is 25.9. The molecule has 0 N–H and O–H groups in total. The lowest BCUT2D eigenvalue weighted by Gasteiger charge is -2.33. The van der Waals surface area contributed by atoms with E-state index in [2.05, 4.69) is 0 Å². The maximum atomic E-state index is 14.6. The van der Waals surface area contributed by atoms with Crippen molar-refractivity contribution in [2.75, 3.05) is 6.54 Å². The van der Waals surface area contributed by atoms with Gasteiger partial charge >= 0.3 is 6.18 Å². The average Bonchev–Trinajstić information content (AvgIpc) is 2.89. The molecule has 196 valence electrons. The van der Waals surface area contributed by atoms with Gasteiger partial charge in [0.05, 0.1) is 22.9 Å². The van der Waals surface area contributed by atoms with E-state index in [1.807, 2.05) is 79.4 Å². The molecular formula is C30H27F4N3O. The highest BCUT2D eigenvalue weighted by atomic mass is 19.4. The molecule has 4 aromatic rings. The Balaban J connectivity index is 1.54. The molecule has 0 aliphatic carbocycles. The van der Waals surface area contributed by atoms with E-state index in [1.54, 1.807) is 4.57 Å². The average molecular weight is 522 g/mol. The van der Waals surface area contributed by atoms with Gasteiger partial charge in [-0.3, -0.25) is 14.3 Å². The van der Waals surface area contributed by atoms with Crippen molar-refractivity contribution in [1.29, 1.82) is 0 Å². The molecule has 1 atom stereocenters. The summed E-state index contributed by atoms with van der Waals surface area (Å²) in [6, 6.07) is 21.7. The molecule has 4 nitrogen and oxygen atoms in total. The minimum atomic E-state index is -4.61. The third kappa shape index (κ3) is 5.00. The summed E-state index contributed by atoms with van der Waals surface area (Å²) in [5.74, 6) is -0.421. The van der Waals surface area contributed by atoms with Crippen molar-refractivity contribution in [2.24, 2.45) is 0 Å². The van der Waals surface area contributed by atoms with Crippen LogP contribution in [0.1, 0.15) is 58.2 Å². The van der Waals surface area contributed by atoms with Crippen LogP contribution < -0.4 is 5.56 Å². The van der Waals surface area contributed by atoms with Crippen LogP contribution in [0, 0.1) is 12.7 Å². The van der Waals surface area contributed by atoms with Gasteiger partial charge in [-0.05, 0) is 30.2 Å². The molecule has 38 heavy (non-hydrogen) atoms. The smallest absolute Gasteiger partial charge is 0.294 e. The number of halogens is 4. The first-order chi connectivity index (χ1) is 18.1. The van der Waals surface area contributed by atoms with Crippen molar-refractivity contribution in [1.82, 2.24) is 14.5 Å². The summed E-state index contributed by atoms with van der Waals surface area (Å²) in [7, 11) is 0. The Kier molecular flexibility index (Phi) is 6.92. The number of nitrogens with zero attached hydrogens (tertiary/aromatic N) is 3. The lowest BCUT2D eigenvalue weighted by atomic mass is 9.94. The van der Waals surface area contributed by atoms with Gasteiger partial charge in [-0.2, -0.15) is 13.2 Å². The highest BCUT2D eigenvalue weighted by molar-refractivity contribution is 5.35. The van der Waals surface area contributed by atoms with Crippen molar-refractivity contribution < 1.29 is 17.6 Å². The van der Waals surface area contributed by atoms with Gasteiger partial charge in [-0.15, -0.1) is 0 Å². The van der Waals surface area contributed by atoms with Gasteiger partial charge in [0.25, 0.3) is 5.56 Å². The van der Waals surface area contributed by atoms with E-state index in [9.17, 15) is 22.4 Å². The molecule has 0 saturated heterocycles. The molecule has 1 aliphatic rings. The molecule has 0 bridgehead atoms. The fraction of sp³-hybridized carbons (Fsp3) is 0.267. The first-order valence-corrected chi connectivity index (χ1v) is 12.4. The van der Waals surface area contributed by atoms with Gasteiger partial charge in [0.15, 0.2) is 0 Å². The van der Waals surface area contributed by atoms with Crippen molar-refractivity contribution >= 4 is 0 Å². The van der Waals surface area contributed by atoms with E-state index in [0.29, 0.717) is 29.7 Å². The lowest BCUT2D eigenvalue weighted by molar-refractivity contribution is -0.137. The van der Waals surface area contributed by atoms with Crippen LogP contribution in [0.2, 0.25) is 0 Å². The van der Waals surface area contributed by atoms with Gasteiger partial charge in [-0.25, -0.2) is 9.37 Å². The van der Waals surface area contributed by atoms with Crippen molar-refractivity contribution in [3.63, 3.8) is 0 Å². The molecule has 5 rings (SSSR count). The first-order valence-electron chi connectivity index (χ1n) is 12.4. The third-order valence-electron chi connectivity index (χ3n) is 7.06. The second-order valence-electron chi connectivity index (χ2n) is 9.80. The fourth-order valence-electron chi connectivity index (χ4n) is 5.29. The summed E-state index contributed by atoms with van der Waals surface area (Å²) in [6.07, 6.45) is -4.61. The molecule has 0 fully saturated rings. The van der Waals surface area contributed by atoms with Gasteiger partial charge in [0, 0.05) is 31.1 Å². The van der Waals surface area contributed by atoms with Gasteiger partial charge < -0.3 is 0 Å². The van der Waals surface area contributed by atoms with Crippen LogP contribution in [0.5, 0.6) is 0 Å². The predicted molar refractivity (Wildman–Crippen MR) is 137 cm³/mol. The number of aryl methyl sites for hydroxylation is 1. The van der Waals surface area contributed by atoms with Crippen LogP contribution in [0.4, 0.5) is 17.6 Å². The minimum absolute atomic E-state index is 0.0852. The van der Waals surface area contributed by atoms with Gasteiger partial charge in [-0.1, -0.05) is 73.7 Å². The highest BCUT2D eigenvalue weighted by Gasteiger charge is 2.33. The standard InChI is InChI=1S/C30H27F4N3O/c1-19-16-36(17-23-13-14-24(15-26(23)31)30(32,33)34)18-25-27(19)35-20(2)37(29(25)38)28(21-9-5-3-6-10-21)22-11-7-4-8-12-22/h3-15,19,28H,16-18H2,1-2H3. The van der Waals surface area contributed by atoms with Crippen molar-refractivity contribution in [2.45, 2.75) is 45.1 Å². The molecule has 0 amide bonds. The number of benzene rings is 3. The zero-order valence-corrected chi connectivity index (χ0v) is 21.0. The topological polar surface area (TPSA) is 38.1 Å². The molecule has 1 aliphatic heterocycles. The highest BCUT2D eigenvalue weighted by Crippen LogP contribution is 2.32. The number of hydrogen-bond acceptors (Lipinski definition) is 3. The third-order valence-corrected chi connectivity index (χ3v) is 7.06. The van der Waals surface area contributed by atoms with E-state index in [4.69, 9.17) is 4.98 Å². The molecule has 8 heteroatoms. The SMILES string of the molecule is Cc1nc2c(c(=O)n1C(c1ccccc1)c1ccccc1)CN(Cc1ccc(C(F)(F)F)cc1F)CC2C. The van der Waals surface area contributed by atoms with Crippen LogP contribution in [0.25, 0.3) is 0 Å². The Bertz CT molecular complexity index is 1460. The maximum Gasteiger partial charge on any atom is 0.416 e. The normalized spacial score (nSPS) is 16.0. The summed E-state index contributed by atoms with van der Waals surface area (Å²) in [5.41, 5.74) is 2.09. The summed E-state index contributed by atoms with van der Waals surface area (Å²) >= 11 is 0. The van der Waals surface area contributed by atoms with E-state index in [-0.39, 0.29) is 36.2 Å². The van der Waals surface area contributed by atoms with Crippen molar-refractivity contribution in [3.05, 3.63) is 134 Å². The second kappa shape index (κ2) is 10.2. The van der Waals surface area contributed by atoms with E-state index in [0.717, 1.165) is 17.2 Å². The van der Waals surface area contributed by atoms with Gasteiger partial charge in [0.1, 0.15) is 11.6 Å². The Morgan fingerprint density at radius 2 is 1.58 bits per heavy atom. The number of aromatic nitrogens is 2. The molecule has 1 unspecified atom stereocenters. The van der Waals surface area contributed by atoms with E-state index >= 15 is 0 Å². The number of rotatable bonds is 5. The molecule has 0 saturated carbocycles.